The van der Waals surface area contributed by atoms with Crippen molar-refractivity contribution in [1.29, 1.82) is 0 Å². The van der Waals surface area contributed by atoms with Crippen LogP contribution in [0.2, 0.25) is 0 Å². The Hall–Kier alpha value is -1.27. The van der Waals surface area contributed by atoms with Gasteiger partial charge < -0.3 is 65.1 Å². The highest BCUT2D eigenvalue weighted by Gasteiger charge is 2.51. The number of hydrogen-bond acceptors (Lipinski definition) is 13. The Morgan fingerprint density at radius 2 is 0.795 bits per heavy atom. The molecule has 2 saturated heterocycles. The summed E-state index contributed by atoms with van der Waals surface area (Å²) in [5.74, 6) is -0.237. The average molecular weight is 1110 g/mol. The van der Waals surface area contributed by atoms with E-state index in [4.69, 9.17) is 18.9 Å². The van der Waals surface area contributed by atoms with Crippen LogP contribution in [0.25, 0.3) is 0 Å². The number of carbonyl (C=O) groups is 1. The molecule has 0 spiro atoms. The Morgan fingerprint density at radius 3 is 1.18 bits per heavy atom. The fourth-order valence-electron chi connectivity index (χ4n) is 11.2. The number of unbranched alkanes of at least 4 members (excludes halogenated alkanes) is 41. The van der Waals surface area contributed by atoms with Crippen LogP contribution in [-0.2, 0) is 23.7 Å². The second-order valence-electron chi connectivity index (χ2n) is 23.6. The molecule has 2 aliphatic rings. The summed E-state index contributed by atoms with van der Waals surface area (Å²) in [6.45, 7) is 2.77. The molecule has 2 fully saturated rings. The highest BCUT2D eigenvalue weighted by molar-refractivity contribution is 5.76. The number of aliphatic hydroxyl groups is 8. The maximum Gasteiger partial charge on any atom is 0.220 e. The van der Waals surface area contributed by atoms with E-state index in [0.29, 0.717) is 6.42 Å². The standard InChI is InChI=1S/C64H123NO13/c1-3-5-7-9-11-13-14-15-16-17-18-19-20-21-22-23-24-25-26-27-28-29-30-31-32-33-34-35-36-37-38-39-40-42-44-46-48-56(69)65-52(53(68)47-45-43-41-12-10-8-6-4-2)51-75-63-61(74)59(72)62(55(50-67)77-63)78-64-60(73)58(71)57(70)54(49-66)76-64/h45,47,52-55,57-64,66-68,70-74H,3-44,46,48-51H2,1-2H3,(H,65,69)/b47-45+. The van der Waals surface area contributed by atoms with Gasteiger partial charge in [-0.1, -0.05) is 283 Å². The van der Waals surface area contributed by atoms with Gasteiger partial charge in [0.25, 0.3) is 0 Å². The molecule has 2 heterocycles. The van der Waals surface area contributed by atoms with Gasteiger partial charge in [-0.2, -0.15) is 0 Å². The van der Waals surface area contributed by atoms with Crippen LogP contribution in [0.5, 0.6) is 0 Å². The summed E-state index contributed by atoms with van der Waals surface area (Å²) in [5, 5.41) is 86.8. The Morgan fingerprint density at radius 1 is 0.449 bits per heavy atom. The maximum absolute atomic E-state index is 13.2. The molecule has 14 nitrogen and oxygen atoms in total. The van der Waals surface area contributed by atoms with Gasteiger partial charge >= 0.3 is 0 Å². The zero-order valence-corrected chi connectivity index (χ0v) is 49.9. The summed E-state index contributed by atoms with van der Waals surface area (Å²) in [4.78, 5) is 13.2. The summed E-state index contributed by atoms with van der Waals surface area (Å²) >= 11 is 0. The molecule has 12 atom stereocenters. The zero-order chi connectivity index (χ0) is 56.7. The van der Waals surface area contributed by atoms with Crippen molar-refractivity contribution in [3.63, 3.8) is 0 Å². The summed E-state index contributed by atoms with van der Waals surface area (Å²) in [7, 11) is 0. The van der Waals surface area contributed by atoms with Crippen molar-refractivity contribution in [2.24, 2.45) is 0 Å². The third kappa shape index (κ3) is 35.0. The molecule has 0 aromatic rings. The number of ether oxygens (including phenoxy) is 4. The van der Waals surface area contributed by atoms with E-state index >= 15 is 0 Å². The van der Waals surface area contributed by atoms with Crippen LogP contribution in [-0.4, -0.2) is 140 Å². The number of nitrogens with one attached hydrogen (secondary N) is 1. The molecule has 0 saturated carbocycles. The van der Waals surface area contributed by atoms with Gasteiger partial charge in [0, 0.05) is 6.42 Å². The smallest absolute Gasteiger partial charge is 0.220 e. The van der Waals surface area contributed by atoms with Gasteiger partial charge in [-0.15, -0.1) is 0 Å². The van der Waals surface area contributed by atoms with Gasteiger partial charge in [0.1, 0.15) is 48.8 Å². The number of amides is 1. The fraction of sp³-hybridized carbons (Fsp3) is 0.953. The largest absolute Gasteiger partial charge is 0.394 e. The number of allylic oxidation sites excluding steroid dienone is 1. The summed E-state index contributed by atoms with van der Waals surface area (Å²) < 4.78 is 22.7. The van der Waals surface area contributed by atoms with E-state index in [9.17, 15) is 45.6 Å². The number of aliphatic hydroxyl groups excluding tert-OH is 8. The molecule has 1 amide bonds. The van der Waals surface area contributed by atoms with E-state index in [1.807, 2.05) is 6.08 Å². The first-order valence-corrected chi connectivity index (χ1v) is 32.9. The van der Waals surface area contributed by atoms with Crippen LogP contribution in [0.4, 0.5) is 0 Å². The van der Waals surface area contributed by atoms with E-state index in [1.165, 1.54) is 225 Å². The van der Waals surface area contributed by atoms with Crippen molar-refractivity contribution in [3.05, 3.63) is 12.2 Å². The van der Waals surface area contributed by atoms with Crippen molar-refractivity contribution in [1.82, 2.24) is 5.32 Å². The molecule has 462 valence electrons. The molecule has 0 radical (unpaired) electrons. The van der Waals surface area contributed by atoms with E-state index in [2.05, 4.69) is 19.2 Å². The Kier molecular flexibility index (Phi) is 46.9. The topological polar surface area (TPSA) is 228 Å². The lowest BCUT2D eigenvalue weighted by Gasteiger charge is -2.46. The van der Waals surface area contributed by atoms with E-state index in [0.717, 1.165) is 44.9 Å². The van der Waals surface area contributed by atoms with Gasteiger partial charge in [-0.25, -0.2) is 0 Å². The second kappa shape index (κ2) is 50.3. The van der Waals surface area contributed by atoms with Crippen LogP contribution >= 0.6 is 0 Å². The van der Waals surface area contributed by atoms with Crippen molar-refractivity contribution in [2.75, 3.05) is 19.8 Å². The first-order valence-electron chi connectivity index (χ1n) is 32.9. The Labute approximate surface area is 476 Å². The molecule has 0 aliphatic carbocycles. The van der Waals surface area contributed by atoms with Gasteiger partial charge in [0.05, 0.1) is 32.0 Å². The number of rotatable bonds is 54. The number of hydrogen-bond donors (Lipinski definition) is 9. The predicted molar refractivity (Wildman–Crippen MR) is 314 cm³/mol. The van der Waals surface area contributed by atoms with Gasteiger partial charge in [-0.3, -0.25) is 4.79 Å². The quantitative estimate of drug-likeness (QED) is 0.0204. The number of carbonyl (C=O) groups excluding carboxylic acids is 1. The van der Waals surface area contributed by atoms with Crippen LogP contribution in [0.1, 0.15) is 296 Å². The highest BCUT2D eigenvalue weighted by atomic mass is 16.7. The minimum atomic E-state index is -1.78. The molecule has 78 heavy (non-hydrogen) atoms. The lowest BCUT2D eigenvalue weighted by Crippen LogP contribution is -2.65. The van der Waals surface area contributed by atoms with Crippen molar-refractivity contribution in [3.8, 4) is 0 Å². The first-order chi connectivity index (χ1) is 38.1. The van der Waals surface area contributed by atoms with E-state index in [1.54, 1.807) is 6.08 Å². The molecule has 9 N–H and O–H groups in total. The second-order valence-corrected chi connectivity index (χ2v) is 23.6. The summed E-state index contributed by atoms with van der Waals surface area (Å²) in [5.41, 5.74) is 0. The van der Waals surface area contributed by atoms with Gasteiger partial charge in [-0.05, 0) is 19.3 Å². The molecular weight excluding hydrogens is 991 g/mol. The van der Waals surface area contributed by atoms with E-state index in [-0.39, 0.29) is 18.9 Å². The summed E-state index contributed by atoms with van der Waals surface area (Å²) in [6.07, 6.45) is 43.4. The molecule has 2 rings (SSSR count). The zero-order valence-electron chi connectivity index (χ0n) is 49.9. The maximum atomic E-state index is 13.2. The molecular formula is C64H123NO13. The minimum Gasteiger partial charge on any atom is -0.394 e. The third-order valence-corrected chi connectivity index (χ3v) is 16.5. The van der Waals surface area contributed by atoms with Crippen molar-refractivity contribution in [2.45, 2.75) is 370 Å². The summed E-state index contributed by atoms with van der Waals surface area (Å²) in [6, 6.07) is -0.908. The fourth-order valence-corrected chi connectivity index (χ4v) is 11.2. The SMILES string of the molecule is CCCCCCCC/C=C/C(O)C(COC1OC(CO)C(OC2OC(CO)C(O)C(O)C2O)C(O)C1O)NC(=O)CCCCCCCCCCCCCCCCCCCCCCCCCCCCCCCCCCCCCC. The lowest BCUT2D eigenvalue weighted by molar-refractivity contribution is -0.359. The van der Waals surface area contributed by atoms with E-state index < -0.39 is 86.8 Å². The Bertz CT molecular complexity index is 1360. The van der Waals surface area contributed by atoms with Crippen molar-refractivity contribution < 1.29 is 64.6 Å². The molecule has 0 aromatic heterocycles. The van der Waals surface area contributed by atoms with Crippen LogP contribution in [0.3, 0.4) is 0 Å². The van der Waals surface area contributed by atoms with Crippen LogP contribution in [0, 0.1) is 0 Å². The predicted octanol–water partition coefficient (Wildman–Crippen LogP) is 12.2. The van der Waals surface area contributed by atoms with Crippen LogP contribution in [0.15, 0.2) is 12.2 Å². The average Bonchev–Trinajstić information content (AvgIpc) is 3.44. The highest BCUT2D eigenvalue weighted by Crippen LogP contribution is 2.30. The molecule has 0 aromatic carbocycles. The monoisotopic (exact) mass is 1110 g/mol. The molecule has 0 bridgehead atoms. The minimum absolute atomic E-state index is 0.237. The van der Waals surface area contributed by atoms with Crippen LogP contribution < -0.4 is 5.32 Å². The Balaban J connectivity index is 1.52. The molecule has 2 aliphatic heterocycles. The first kappa shape index (κ1) is 72.8. The van der Waals surface area contributed by atoms with Crippen molar-refractivity contribution >= 4 is 5.91 Å². The third-order valence-electron chi connectivity index (χ3n) is 16.5. The van der Waals surface area contributed by atoms with Gasteiger partial charge in [0.15, 0.2) is 12.6 Å². The van der Waals surface area contributed by atoms with Gasteiger partial charge in [0.2, 0.25) is 5.91 Å². The lowest BCUT2D eigenvalue weighted by atomic mass is 9.97. The molecule has 12 unspecified atom stereocenters. The molecule has 14 heteroatoms. The normalized spacial score (nSPS) is 24.5.